The van der Waals surface area contributed by atoms with Crippen molar-refractivity contribution in [1.82, 2.24) is 10.2 Å². The monoisotopic (exact) mass is 342 g/mol. The van der Waals surface area contributed by atoms with E-state index in [-0.39, 0.29) is 29.5 Å². The van der Waals surface area contributed by atoms with Gasteiger partial charge >= 0.3 is 0 Å². The van der Waals surface area contributed by atoms with Crippen LogP contribution in [-0.4, -0.2) is 55.9 Å². The number of rotatable bonds is 4. The Labute approximate surface area is 135 Å². The molecule has 2 aliphatic heterocycles. The van der Waals surface area contributed by atoms with Gasteiger partial charge in [-0.1, -0.05) is 6.92 Å². The number of thiophene rings is 1. The lowest BCUT2D eigenvalue weighted by Gasteiger charge is -2.28. The molecular weight excluding hydrogens is 320 g/mol. The highest BCUT2D eigenvalue weighted by Crippen LogP contribution is 2.24. The SMILES string of the molecule is CCc1ccsc1C(=O)N[C@H]1CS(=O)(=O)C[C@@H]1N1CCCC1. The number of aryl methyl sites for hydroxylation is 1. The Morgan fingerprint density at radius 2 is 2.09 bits per heavy atom. The first-order chi connectivity index (χ1) is 10.5. The fourth-order valence-electron chi connectivity index (χ4n) is 3.45. The van der Waals surface area contributed by atoms with Gasteiger partial charge in [0.25, 0.3) is 5.91 Å². The van der Waals surface area contributed by atoms with Gasteiger partial charge in [-0.3, -0.25) is 9.69 Å². The van der Waals surface area contributed by atoms with Crippen LogP contribution in [0, 0.1) is 0 Å². The quantitative estimate of drug-likeness (QED) is 0.896. The van der Waals surface area contributed by atoms with E-state index in [0.29, 0.717) is 4.88 Å². The van der Waals surface area contributed by atoms with E-state index < -0.39 is 9.84 Å². The lowest BCUT2D eigenvalue weighted by atomic mass is 10.1. The molecule has 0 aliphatic carbocycles. The summed E-state index contributed by atoms with van der Waals surface area (Å²) in [6.45, 7) is 3.89. The van der Waals surface area contributed by atoms with Gasteiger partial charge in [0.05, 0.1) is 22.4 Å². The number of hydrogen-bond acceptors (Lipinski definition) is 5. The molecule has 122 valence electrons. The van der Waals surface area contributed by atoms with Gasteiger partial charge in [-0.15, -0.1) is 11.3 Å². The number of nitrogens with zero attached hydrogens (tertiary/aromatic N) is 1. The third kappa shape index (κ3) is 3.21. The van der Waals surface area contributed by atoms with Gasteiger partial charge < -0.3 is 5.32 Å². The van der Waals surface area contributed by atoms with Gasteiger partial charge in [0.2, 0.25) is 0 Å². The Balaban J connectivity index is 1.75. The van der Waals surface area contributed by atoms with Crippen molar-refractivity contribution in [1.29, 1.82) is 0 Å². The Morgan fingerprint density at radius 1 is 1.36 bits per heavy atom. The lowest BCUT2D eigenvalue weighted by molar-refractivity contribution is 0.0922. The molecule has 5 nitrogen and oxygen atoms in total. The second kappa shape index (κ2) is 6.29. The molecule has 0 aromatic carbocycles. The van der Waals surface area contributed by atoms with Crippen LogP contribution in [0.4, 0.5) is 0 Å². The minimum absolute atomic E-state index is 0.0622. The topological polar surface area (TPSA) is 66.5 Å². The van der Waals surface area contributed by atoms with Crippen LogP contribution in [0.25, 0.3) is 0 Å². The van der Waals surface area contributed by atoms with E-state index in [2.05, 4.69) is 10.2 Å². The number of nitrogens with one attached hydrogen (secondary N) is 1. The van der Waals surface area contributed by atoms with Crippen LogP contribution < -0.4 is 5.32 Å². The maximum atomic E-state index is 12.5. The van der Waals surface area contributed by atoms with Crippen molar-refractivity contribution in [2.24, 2.45) is 0 Å². The maximum Gasteiger partial charge on any atom is 0.261 e. The second-order valence-electron chi connectivity index (χ2n) is 6.10. The number of amides is 1. The Morgan fingerprint density at radius 3 is 2.77 bits per heavy atom. The molecule has 2 aliphatic rings. The Kier molecular flexibility index (Phi) is 4.56. The molecule has 7 heteroatoms. The molecule has 1 amide bonds. The average Bonchev–Trinajstić information content (AvgIpc) is 3.17. The first kappa shape index (κ1) is 16.0. The van der Waals surface area contributed by atoms with Gasteiger partial charge in [0, 0.05) is 6.04 Å². The fraction of sp³-hybridized carbons (Fsp3) is 0.667. The third-order valence-electron chi connectivity index (χ3n) is 4.58. The summed E-state index contributed by atoms with van der Waals surface area (Å²) >= 11 is 1.42. The first-order valence-electron chi connectivity index (χ1n) is 7.82. The summed E-state index contributed by atoms with van der Waals surface area (Å²) in [5.41, 5.74) is 1.03. The highest BCUT2D eigenvalue weighted by Gasteiger charge is 2.42. The molecule has 22 heavy (non-hydrogen) atoms. The largest absolute Gasteiger partial charge is 0.346 e. The minimum atomic E-state index is -3.07. The van der Waals surface area contributed by atoms with Crippen LogP contribution in [0.2, 0.25) is 0 Å². The number of likely N-dealkylation sites (tertiary alicyclic amines) is 1. The number of carbonyl (C=O) groups is 1. The second-order valence-corrected chi connectivity index (χ2v) is 9.17. The first-order valence-corrected chi connectivity index (χ1v) is 10.5. The van der Waals surface area contributed by atoms with Gasteiger partial charge in [-0.2, -0.15) is 0 Å². The van der Waals surface area contributed by atoms with Crippen molar-refractivity contribution in [2.75, 3.05) is 24.6 Å². The normalized spacial score (nSPS) is 28.0. The molecule has 3 rings (SSSR count). The summed E-state index contributed by atoms with van der Waals surface area (Å²) in [5, 5.41) is 4.90. The zero-order chi connectivity index (χ0) is 15.7. The number of carbonyl (C=O) groups excluding carboxylic acids is 1. The summed E-state index contributed by atoms with van der Waals surface area (Å²) in [6.07, 6.45) is 3.04. The van der Waals surface area contributed by atoms with E-state index in [1.807, 2.05) is 18.4 Å². The van der Waals surface area contributed by atoms with Crippen LogP contribution in [-0.2, 0) is 16.3 Å². The van der Waals surface area contributed by atoms with Gasteiger partial charge in [0.15, 0.2) is 9.84 Å². The average molecular weight is 342 g/mol. The van der Waals surface area contributed by atoms with Crippen LogP contribution in [0.5, 0.6) is 0 Å². The zero-order valence-corrected chi connectivity index (χ0v) is 14.4. The summed E-state index contributed by atoms with van der Waals surface area (Å²) in [6, 6.07) is 1.60. The van der Waals surface area contributed by atoms with Crippen molar-refractivity contribution in [3.63, 3.8) is 0 Å². The smallest absolute Gasteiger partial charge is 0.261 e. The third-order valence-corrected chi connectivity index (χ3v) is 7.25. The van der Waals surface area contributed by atoms with Gasteiger partial charge in [0.1, 0.15) is 0 Å². The van der Waals surface area contributed by atoms with E-state index in [1.54, 1.807) is 0 Å². The van der Waals surface area contributed by atoms with Crippen molar-refractivity contribution < 1.29 is 13.2 Å². The van der Waals surface area contributed by atoms with Crippen molar-refractivity contribution in [3.8, 4) is 0 Å². The van der Waals surface area contributed by atoms with E-state index in [0.717, 1.165) is 37.9 Å². The molecule has 1 aromatic rings. The molecule has 2 fully saturated rings. The number of hydrogen-bond donors (Lipinski definition) is 1. The summed E-state index contributed by atoms with van der Waals surface area (Å²) in [7, 11) is -3.07. The van der Waals surface area contributed by atoms with Crippen LogP contribution in [0.3, 0.4) is 0 Å². The molecule has 0 saturated carbocycles. The molecule has 0 radical (unpaired) electrons. The van der Waals surface area contributed by atoms with Crippen molar-refractivity contribution >= 4 is 27.1 Å². The van der Waals surface area contributed by atoms with Gasteiger partial charge in [-0.25, -0.2) is 8.42 Å². The fourth-order valence-corrected chi connectivity index (χ4v) is 6.30. The lowest BCUT2D eigenvalue weighted by Crippen LogP contribution is -2.50. The van der Waals surface area contributed by atoms with Crippen LogP contribution >= 0.6 is 11.3 Å². The molecule has 0 unspecified atom stereocenters. The van der Waals surface area contributed by atoms with Crippen molar-refractivity contribution in [2.45, 2.75) is 38.3 Å². The van der Waals surface area contributed by atoms with E-state index in [1.165, 1.54) is 11.3 Å². The highest BCUT2D eigenvalue weighted by atomic mass is 32.2. The zero-order valence-electron chi connectivity index (χ0n) is 12.7. The molecule has 3 heterocycles. The van der Waals surface area contributed by atoms with E-state index >= 15 is 0 Å². The molecule has 0 spiro atoms. The minimum Gasteiger partial charge on any atom is -0.346 e. The molecular formula is C15H22N2O3S2. The molecule has 2 saturated heterocycles. The molecule has 1 aromatic heterocycles. The molecule has 1 N–H and O–H groups in total. The summed E-state index contributed by atoms with van der Waals surface area (Å²) in [5.74, 6) is 0.105. The van der Waals surface area contributed by atoms with Crippen LogP contribution in [0.1, 0.15) is 35.0 Å². The summed E-state index contributed by atoms with van der Waals surface area (Å²) in [4.78, 5) is 15.4. The van der Waals surface area contributed by atoms with E-state index in [9.17, 15) is 13.2 Å². The molecule has 0 bridgehead atoms. The number of sulfone groups is 1. The standard InChI is InChI=1S/C15H22N2O3S2/c1-2-11-5-8-21-14(11)15(18)16-12-9-22(19,20)10-13(12)17-6-3-4-7-17/h5,8,12-13H,2-4,6-7,9-10H2,1H3,(H,16,18)/t12-,13-/m0/s1. The van der Waals surface area contributed by atoms with E-state index in [4.69, 9.17) is 0 Å². The molecule has 2 atom stereocenters. The van der Waals surface area contributed by atoms with Gasteiger partial charge in [-0.05, 0) is 49.4 Å². The highest BCUT2D eigenvalue weighted by molar-refractivity contribution is 7.91. The predicted octanol–water partition coefficient (Wildman–Crippen LogP) is 1.30. The van der Waals surface area contributed by atoms with Crippen LogP contribution in [0.15, 0.2) is 11.4 Å². The van der Waals surface area contributed by atoms with Crippen molar-refractivity contribution in [3.05, 3.63) is 21.9 Å². The summed E-state index contributed by atoms with van der Waals surface area (Å²) < 4.78 is 24.0. The predicted molar refractivity (Wildman–Crippen MR) is 88.2 cm³/mol. The maximum absolute atomic E-state index is 12.5. The Bertz CT molecular complexity index is 647. The Hall–Kier alpha value is -0.920.